The van der Waals surface area contributed by atoms with Crippen molar-refractivity contribution in [2.24, 2.45) is 0 Å². The zero-order valence-electron chi connectivity index (χ0n) is 9.39. The molecule has 0 aliphatic rings. The van der Waals surface area contributed by atoms with Crippen LogP contribution >= 0.6 is 0 Å². The average molecular weight is 280 g/mol. The van der Waals surface area contributed by atoms with Crippen molar-refractivity contribution in [2.45, 2.75) is 5.03 Å². The van der Waals surface area contributed by atoms with Crippen LogP contribution < -0.4 is 4.72 Å². The highest BCUT2D eigenvalue weighted by Gasteiger charge is 2.17. The van der Waals surface area contributed by atoms with Gasteiger partial charge in [0.25, 0.3) is 10.0 Å². The minimum absolute atomic E-state index is 0.0478. The Morgan fingerprint density at radius 2 is 2.05 bits per heavy atom. The first kappa shape index (κ1) is 12.9. The Hall–Kier alpha value is -2.55. The van der Waals surface area contributed by atoms with Gasteiger partial charge in [-0.1, -0.05) is 0 Å². The molecule has 2 rings (SSSR count). The topological polar surface area (TPSA) is 122 Å². The summed E-state index contributed by atoms with van der Waals surface area (Å²) in [6.07, 6.45) is 2.37. The van der Waals surface area contributed by atoms with Crippen molar-refractivity contribution in [2.75, 3.05) is 4.72 Å². The van der Waals surface area contributed by atoms with E-state index in [1.807, 2.05) is 0 Å². The summed E-state index contributed by atoms with van der Waals surface area (Å²) in [6.45, 7) is 0. The molecule has 0 saturated carbocycles. The number of nitrogens with zero attached hydrogens (tertiary/aromatic N) is 3. The molecule has 0 radical (unpaired) electrons. The summed E-state index contributed by atoms with van der Waals surface area (Å²) in [5, 5.41) is 15.5. The van der Waals surface area contributed by atoms with Crippen molar-refractivity contribution in [3.05, 3.63) is 42.2 Å². The van der Waals surface area contributed by atoms with Gasteiger partial charge < -0.3 is 5.11 Å². The zero-order chi connectivity index (χ0) is 13.9. The molecule has 0 unspecified atom stereocenters. The third kappa shape index (κ3) is 3.01. The largest absolute Gasteiger partial charge is 0.478 e. The molecule has 0 aromatic carbocycles. The van der Waals surface area contributed by atoms with E-state index in [1.54, 1.807) is 0 Å². The number of hydrogen-bond acceptors (Lipinski definition) is 6. The SMILES string of the molecule is O=C(O)c1ccc(S(=O)(=O)Nc2cccnn2)nc1. The Morgan fingerprint density at radius 1 is 1.26 bits per heavy atom. The second-order valence-electron chi connectivity index (χ2n) is 3.40. The lowest BCUT2D eigenvalue weighted by Gasteiger charge is -2.05. The molecule has 0 fully saturated rings. The Kier molecular flexibility index (Phi) is 3.38. The maximum atomic E-state index is 11.9. The minimum atomic E-state index is -3.91. The maximum Gasteiger partial charge on any atom is 0.337 e. The van der Waals surface area contributed by atoms with Crippen LogP contribution in [-0.4, -0.2) is 34.7 Å². The molecule has 2 aromatic heterocycles. The van der Waals surface area contributed by atoms with E-state index in [0.29, 0.717) is 0 Å². The first-order chi connectivity index (χ1) is 8.99. The van der Waals surface area contributed by atoms with E-state index in [2.05, 4.69) is 19.9 Å². The Balaban J connectivity index is 2.27. The van der Waals surface area contributed by atoms with Crippen LogP contribution in [0.4, 0.5) is 5.82 Å². The molecule has 0 amide bonds. The summed E-state index contributed by atoms with van der Waals surface area (Å²) in [5.41, 5.74) is -0.0987. The van der Waals surface area contributed by atoms with Crippen molar-refractivity contribution in [1.29, 1.82) is 0 Å². The number of pyridine rings is 1. The molecule has 0 saturated heterocycles. The van der Waals surface area contributed by atoms with Crippen LogP contribution in [0.1, 0.15) is 10.4 Å². The maximum absolute atomic E-state index is 11.9. The van der Waals surface area contributed by atoms with Crippen LogP contribution in [0, 0.1) is 0 Å². The Morgan fingerprint density at radius 3 is 2.58 bits per heavy atom. The second kappa shape index (κ2) is 4.98. The molecule has 2 heterocycles. The van der Waals surface area contributed by atoms with Gasteiger partial charge in [0.2, 0.25) is 0 Å². The molecule has 0 spiro atoms. The summed E-state index contributed by atoms with van der Waals surface area (Å²) in [6, 6.07) is 5.20. The highest BCUT2D eigenvalue weighted by molar-refractivity contribution is 7.92. The van der Waals surface area contributed by atoms with Gasteiger partial charge in [0.15, 0.2) is 10.8 Å². The number of carboxylic acids is 1. The van der Waals surface area contributed by atoms with Gasteiger partial charge in [-0.3, -0.25) is 4.72 Å². The predicted octanol–water partition coefficient (Wildman–Crippen LogP) is 0.371. The number of hydrogen-bond donors (Lipinski definition) is 2. The number of carboxylic acid groups (broad SMARTS) is 1. The molecule has 0 aliphatic carbocycles. The summed E-state index contributed by atoms with van der Waals surface area (Å²) in [5.74, 6) is -1.13. The monoisotopic (exact) mass is 280 g/mol. The zero-order valence-corrected chi connectivity index (χ0v) is 10.2. The number of carbonyl (C=O) groups is 1. The lowest BCUT2D eigenvalue weighted by atomic mass is 10.3. The van der Waals surface area contributed by atoms with Crippen molar-refractivity contribution in [3.63, 3.8) is 0 Å². The molecule has 0 atom stereocenters. The van der Waals surface area contributed by atoms with Crippen molar-refractivity contribution in [1.82, 2.24) is 15.2 Å². The van der Waals surface area contributed by atoms with Gasteiger partial charge in [-0.15, -0.1) is 5.10 Å². The molecule has 2 aromatic rings. The van der Waals surface area contributed by atoms with Crippen molar-refractivity contribution in [3.8, 4) is 0 Å². The van der Waals surface area contributed by atoms with E-state index >= 15 is 0 Å². The molecule has 98 valence electrons. The predicted molar refractivity (Wildman–Crippen MR) is 64.0 cm³/mol. The lowest BCUT2D eigenvalue weighted by molar-refractivity contribution is 0.0696. The van der Waals surface area contributed by atoms with Crippen molar-refractivity contribution >= 4 is 21.8 Å². The number of anilines is 1. The van der Waals surface area contributed by atoms with Crippen LogP contribution in [0.3, 0.4) is 0 Å². The van der Waals surface area contributed by atoms with E-state index in [9.17, 15) is 13.2 Å². The van der Waals surface area contributed by atoms with E-state index in [0.717, 1.165) is 18.3 Å². The first-order valence-electron chi connectivity index (χ1n) is 4.99. The Bertz CT molecular complexity index is 685. The van der Waals surface area contributed by atoms with Crippen LogP contribution in [0.15, 0.2) is 41.7 Å². The summed E-state index contributed by atoms with van der Waals surface area (Å²) in [7, 11) is -3.91. The second-order valence-corrected chi connectivity index (χ2v) is 5.03. The van der Waals surface area contributed by atoms with Crippen molar-refractivity contribution < 1.29 is 18.3 Å². The van der Waals surface area contributed by atoms with E-state index in [4.69, 9.17) is 5.11 Å². The molecule has 19 heavy (non-hydrogen) atoms. The molecule has 2 N–H and O–H groups in total. The van der Waals surface area contributed by atoms with Crippen LogP contribution in [0.5, 0.6) is 0 Å². The standard InChI is InChI=1S/C10H8N4O4S/c15-10(16)7-3-4-9(11-6-7)19(17,18)14-8-2-1-5-12-13-8/h1-6H,(H,13,14)(H,15,16). The van der Waals surface area contributed by atoms with Crippen LogP contribution in [-0.2, 0) is 10.0 Å². The van der Waals surface area contributed by atoms with Gasteiger partial charge in [-0.05, 0) is 24.3 Å². The van der Waals surface area contributed by atoms with E-state index in [-0.39, 0.29) is 16.4 Å². The number of aromatic nitrogens is 3. The van der Waals surface area contributed by atoms with Gasteiger partial charge in [-0.2, -0.15) is 13.5 Å². The lowest BCUT2D eigenvalue weighted by Crippen LogP contribution is -2.15. The van der Waals surface area contributed by atoms with Crippen LogP contribution in [0.25, 0.3) is 0 Å². The van der Waals surface area contributed by atoms with Gasteiger partial charge in [0, 0.05) is 12.4 Å². The quantitative estimate of drug-likeness (QED) is 0.829. The summed E-state index contributed by atoms with van der Waals surface area (Å²) < 4.78 is 26.0. The number of aromatic carboxylic acids is 1. The minimum Gasteiger partial charge on any atom is -0.478 e. The smallest absolute Gasteiger partial charge is 0.337 e. The van der Waals surface area contributed by atoms with Gasteiger partial charge in [0.05, 0.1) is 5.56 Å². The highest BCUT2D eigenvalue weighted by atomic mass is 32.2. The molecule has 8 nitrogen and oxygen atoms in total. The van der Waals surface area contributed by atoms with E-state index in [1.165, 1.54) is 18.3 Å². The fourth-order valence-corrected chi connectivity index (χ4v) is 2.14. The average Bonchev–Trinajstić information content (AvgIpc) is 2.39. The summed E-state index contributed by atoms with van der Waals surface area (Å²) in [4.78, 5) is 14.2. The first-order valence-corrected chi connectivity index (χ1v) is 6.47. The van der Waals surface area contributed by atoms with Gasteiger partial charge in [-0.25, -0.2) is 9.78 Å². The van der Waals surface area contributed by atoms with Gasteiger partial charge in [0.1, 0.15) is 0 Å². The summed E-state index contributed by atoms with van der Waals surface area (Å²) >= 11 is 0. The highest BCUT2D eigenvalue weighted by Crippen LogP contribution is 2.11. The van der Waals surface area contributed by atoms with Crippen LogP contribution in [0.2, 0.25) is 0 Å². The number of sulfonamides is 1. The Labute approximate surface area is 108 Å². The normalized spacial score (nSPS) is 10.9. The number of nitrogens with one attached hydrogen (secondary N) is 1. The third-order valence-corrected chi connectivity index (χ3v) is 3.34. The van der Waals surface area contributed by atoms with Gasteiger partial charge >= 0.3 is 5.97 Å². The fraction of sp³-hybridized carbons (Fsp3) is 0. The molecular formula is C10H8N4O4S. The fourth-order valence-electron chi connectivity index (χ4n) is 1.21. The molecule has 9 heteroatoms. The molecule has 0 aliphatic heterocycles. The third-order valence-electron chi connectivity index (χ3n) is 2.07. The molecule has 0 bridgehead atoms. The number of rotatable bonds is 4. The molecular weight excluding hydrogens is 272 g/mol. The van der Waals surface area contributed by atoms with E-state index < -0.39 is 16.0 Å².